The highest BCUT2D eigenvalue weighted by Crippen LogP contribution is 2.29. The lowest BCUT2D eigenvalue weighted by Crippen LogP contribution is -2.46. The summed E-state index contributed by atoms with van der Waals surface area (Å²) in [6.45, 7) is 0.763. The van der Waals surface area contributed by atoms with Crippen LogP contribution in [0.2, 0.25) is 0 Å². The molecule has 0 heterocycles. The second-order valence-corrected chi connectivity index (χ2v) is 6.15. The molecule has 1 aromatic rings. The summed E-state index contributed by atoms with van der Waals surface area (Å²) in [5, 5.41) is 0. The van der Waals surface area contributed by atoms with Crippen LogP contribution >= 0.6 is 0 Å². The summed E-state index contributed by atoms with van der Waals surface area (Å²) in [4.78, 5) is 14.1. The van der Waals surface area contributed by atoms with Gasteiger partial charge in [-0.25, -0.2) is 0 Å². The molecule has 1 aliphatic rings. The quantitative estimate of drug-likeness (QED) is 0.897. The topological polar surface area (TPSA) is 46.3 Å². The molecule has 2 rings (SSSR count). The lowest BCUT2D eigenvalue weighted by molar-refractivity contribution is -0.131. The van der Waals surface area contributed by atoms with Crippen molar-refractivity contribution in [1.29, 1.82) is 0 Å². The first-order chi connectivity index (χ1) is 9.59. The van der Waals surface area contributed by atoms with Gasteiger partial charge in [0.1, 0.15) is 0 Å². The second-order valence-electron chi connectivity index (χ2n) is 6.15. The molecule has 1 saturated carbocycles. The number of benzene rings is 1. The van der Waals surface area contributed by atoms with Crippen molar-refractivity contribution in [3.63, 3.8) is 0 Å². The standard InChI is InChI=1S/C17H26N2O/c1-19(13-10-15-8-4-2-5-9-15)16(20)14-17(18)11-6-3-7-12-17/h2,4-5,8-9H,3,6-7,10-14,18H2,1H3. The second kappa shape index (κ2) is 6.89. The van der Waals surface area contributed by atoms with Crippen molar-refractivity contribution in [3.8, 4) is 0 Å². The van der Waals surface area contributed by atoms with Gasteiger partial charge in [0.2, 0.25) is 5.91 Å². The van der Waals surface area contributed by atoms with E-state index in [4.69, 9.17) is 5.73 Å². The molecule has 3 heteroatoms. The molecule has 0 spiro atoms. The van der Waals surface area contributed by atoms with E-state index in [1.807, 2.05) is 30.1 Å². The zero-order valence-corrected chi connectivity index (χ0v) is 12.5. The van der Waals surface area contributed by atoms with Crippen molar-refractivity contribution in [3.05, 3.63) is 35.9 Å². The number of nitrogens with two attached hydrogens (primary N) is 1. The van der Waals surface area contributed by atoms with Crippen LogP contribution in [0.3, 0.4) is 0 Å². The van der Waals surface area contributed by atoms with Crippen molar-refractivity contribution >= 4 is 5.91 Å². The first kappa shape index (κ1) is 15.0. The predicted octanol–water partition coefficient (Wildman–Crippen LogP) is 2.74. The first-order valence-electron chi connectivity index (χ1n) is 7.66. The smallest absolute Gasteiger partial charge is 0.224 e. The van der Waals surface area contributed by atoms with E-state index >= 15 is 0 Å². The van der Waals surface area contributed by atoms with Gasteiger partial charge in [-0.05, 0) is 24.8 Å². The van der Waals surface area contributed by atoms with Gasteiger partial charge >= 0.3 is 0 Å². The van der Waals surface area contributed by atoms with Gasteiger partial charge in [-0.3, -0.25) is 4.79 Å². The fraction of sp³-hybridized carbons (Fsp3) is 0.588. The van der Waals surface area contributed by atoms with E-state index < -0.39 is 0 Å². The molecular formula is C17H26N2O. The third-order valence-corrected chi connectivity index (χ3v) is 4.36. The van der Waals surface area contributed by atoms with Crippen LogP contribution in [0.5, 0.6) is 0 Å². The minimum Gasteiger partial charge on any atom is -0.345 e. The Morgan fingerprint density at radius 3 is 2.50 bits per heavy atom. The third-order valence-electron chi connectivity index (χ3n) is 4.36. The molecule has 2 N–H and O–H groups in total. The molecule has 1 aliphatic carbocycles. The summed E-state index contributed by atoms with van der Waals surface area (Å²) in [6.07, 6.45) is 6.97. The van der Waals surface area contributed by atoms with Gasteiger partial charge in [0.05, 0.1) is 0 Å². The highest BCUT2D eigenvalue weighted by molar-refractivity contribution is 5.77. The Morgan fingerprint density at radius 1 is 1.20 bits per heavy atom. The molecule has 0 aromatic heterocycles. The molecule has 0 radical (unpaired) electrons. The highest BCUT2D eigenvalue weighted by atomic mass is 16.2. The maximum Gasteiger partial charge on any atom is 0.224 e. The number of hydrogen-bond acceptors (Lipinski definition) is 2. The molecule has 0 bridgehead atoms. The van der Waals surface area contributed by atoms with Gasteiger partial charge in [0.25, 0.3) is 0 Å². The molecule has 1 fully saturated rings. The molecule has 0 saturated heterocycles. The van der Waals surface area contributed by atoms with E-state index in [0.29, 0.717) is 6.42 Å². The average molecular weight is 274 g/mol. The van der Waals surface area contributed by atoms with Crippen LogP contribution in [0, 0.1) is 0 Å². The lowest BCUT2D eigenvalue weighted by Gasteiger charge is -2.34. The van der Waals surface area contributed by atoms with Gasteiger partial charge in [-0.15, -0.1) is 0 Å². The van der Waals surface area contributed by atoms with Crippen LogP contribution in [0.4, 0.5) is 0 Å². The minimum atomic E-state index is -0.254. The van der Waals surface area contributed by atoms with Crippen LogP contribution in [-0.4, -0.2) is 29.9 Å². The van der Waals surface area contributed by atoms with Crippen LogP contribution in [-0.2, 0) is 11.2 Å². The van der Waals surface area contributed by atoms with Crippen molar-refractivity contribution in [2.75, 3.05) is 13.6 Å². The van der Waals surface area contributed by atoms with Crippen LogP contribution in [0.25, 0.3) is 0 Å². The van der Waals surface area contributed by atoms with E-state index in [9.17, 15) is 4.79 Å². The Hall–Kier alpha value is -1.35. The van der Waals surface area contributed by atoms with E-state index in [1.165, 1.54) is 12.0 Å². The summed E-state index contributed by atoms with van der Waals surface area (Å²) in [5.74, 6) is 0.185. The Kier molecular flexibility index (Phi) is 5.18. The zero-order valence-electron chi connectivity index (χ0n) is 12.5. The Labute approximate surface area is 122 Å². The number of carbonyl (C=O) groups is 1. The van der Waals surface area contributed by atoms with Crippen molar-refractivity contribution in [2.45, 2.75) is 50.5 Å². The zero-order chi connectivity index (χ0) is 14.4. The van der Waals surface area contributed by atoms with Gasteiger partial charge in [0, 0.05) is 25.6 Å². The number of rotatable bonds is 5. The third kappa shape index (κ3) is 4.34. The van der Waals surface area contributed by atoms with E-state index in [1.54, 1.807) is 0 Å². The fourth-order valence-corrected chi connectivity index (χ4v) is 2.93. The number of likely N-dealkylation sites (N-methyl/N-ethyl adjacent to an activating group) is 1. The molecule has 0 atom stereocenters. The molecule has 110 valence electrons. The Morgan fingerprint density at radius 2 is 1.85 bits per heavy atom. The monoisotopic (exact) mass is 274 g/mol. The van der Waals surface area contributed by atoms with E-state index in [2.05, 4.69) is 12.1 Å². The summed E-state index contributed by atoms with van der Waals surface area (Å²) in [5.41, 5.74) is 7.37. The lowest BCUT2D eigenvalue weighted by atomic mass is 9.80. The van der Waals surface area contributed by atoms with Crippen LogP contribution in [0.1, 0.15) is 44.1 Å². The van der Waals surface area contributed by atoms with Crippen molar-refractivity contribution < 1.29 is 4.79 Å². The number of carbonyl (C=O) groups excluding carboxylic acids is 1. The van der Waals surface area contributed by atoms with Gasteiger partial charge in [-0.2, -0.15) is 0 Å². The summed E-state index contributed by atoms with van der Waals surface area (Å²) in [7, 11) is 1.89. The first-order valence-corrected chi connectivity index (χ1v) is 7.66. The highest BCUT2D eigenvalue weighted by Gasteiger charge is 2.30. The Bertz CT molecular complexity index is 424. The Balaban J connectivity index is 1.79. The van der Waals surface area contributed by atoms with E-state index in [0.717, 1.165) is 38.6 Å². The molecule has 1 amide bonds. The largest absolute Gasteiger partial charge is 0.345 e. The average Bonchev–Trinajstić information content (AvgIpc) is 2.46. The van der Waals surface area contributed by atoms with E-state index in [-0.39, 0.29) is 11.4 Å². The molecule has 0 unspecified atom stereocenters. The number of hydrogen-bond donors (Lipinski definition) is 1. The molecular weight excluding hydrogens is 248 g/mol. The number of nitrogens with zero attached hydrogens (tertiary/aromatic N) is 1. The number of amides is 1. The minimum absolute atomic E-state index is 0.185. The summed E-state index contributed by atoms with van der Waals surface area (Å²) < 4.78 is 0. The fourth-order valence-electron chi connectivity index (χ4n) is 2.93. The summed E-state index contributed by atoms with van der Waals surface area (Å²) >= 11 is 0. The molecule has 3 nitrogen and oxygen atoms in total. The molecule has 20 heavy (non-hydrogen) atoms. The van der Waals surface area contributed by atoms with Gasteiger partial charge < -0.3 is 10.6 Å². The summed E-state index contributed by atoms with van der Waals surface area (Å²) in [6, 6.07) is 10.3. The van der Waals surface area contributed by atoms with Crippen molar-refractivity contribution in [2.24, 2.45) is 5.73 Å². The molecule has 1 aromatic carbocycles. The normalized spacial score (nSPS) is 17.7. The SMILES string of the molecule is CN(CCc1ccccc1)C(=O)CC1(N)CCCCC1. The maximum absolute atomic E-state index is 12.3. The van der Waals surface area contributed by atoms with Crippen LogP contribution in [0.15, 0.2) is 30.3 Å². The molecule has 0 aliphatic heterocycles. The van der Waals surface area contributed by atoms with Crippen LogP contribution < -0.4 is 5.73 Å². The van der Waals surface area contributed by atoms with Crippen molar-refractivity contribution in [1.82, 2.24) is 4.90 Å². The van der Waals surface area contributed by atoms with Gasteiger partial charge in [0.15, 0.2) is 0 Å². The maximum atomic E-state index is 12.3. The predicted molar refractivity (Wildman–Crippen MR) is 82.4 cm³/mol. The van der Waals surface area contributed by atoms with Gasteiger partial charge in [-0.1, -0.05) is 49.6 Å².